The largest absolute Gasteiger partial charge is 0.477 e. The molecule has 6 nitrogen and oxygen atoms in total. The summed E-state index contributed by atoms with van der Waals surface area (Å²) in [7, 11) is 0. The second-order valence-electron chi connectivity index (χ2n) is 9.90. The van der Waals surface area contributed by atoms with Crippen molar-refractivity contribution in [2.45, 2.75) is 73.0 Å². The van der Waals surface area contributed by atoms with E-state index in [1.165, 1.54) is 6.92 Å². The highest BCUT2D eigenvalue weighted by Gasteiger charge is 2.45. The lowest BCUT2D eigenvalue weighted by molar-refractivity contribution is -0.134. The van der Waals surface area contributed by atoms with Crippen molar-refractivity contribution < 1.29 is 19.1 Å². The highest BCUT2D eigenvalue weighted by molar-refractivity contribution is 6.01. The maximum absolute atomic E-state index is 14.2. The van der Waals surface area contributed by atoms with Crippen molar-refractivity contribution in [1.82, 2.24) is 4.98 Å². The van der Waals surface area contributed by atoms with Crippen LogP contribution in [0.4, 0.5) is 5.82 Å². The molecule has 0 N–H and O–H groups in total. The molecule has 4 rings (SSSR count). The van der Waals surface area contributed by atoms with Gasteiger partial charge < -0.3 is 9.47 Å². The molecule has 6 heteroatoms. The fraction of sp³-hybridized carbons (Fsp3) is 0.367. The molecule has 36 heavy (non-hydrogen) atoms. The Morgan fingerprint density at radius 3 is 2.53 bits per heavy atom. The Morgan fingerprint density at radius 2 is 1.86 bits per heavy atom. The van der Waals surface area contributed by atoms with Gasteiger partial charge in [-0.15, -0.1) is 6.58 Å². The number of aryl methyl sites for hydroxylation is 1. The molecule has 1 aromatic heterocycles. The Kier molecular flexibility index (Phi) is 6.65. The third kappa shape index (κ3) is 4.25. The van der Waals surface area contributed by atoms with Gasteiger partial charge in [-0.05, 0) is 82.3 Å². The standard InChI is InChI=1S/C30H34N2O4/c1-9-18(3)32(26-16-17(2)23-12-10-11-13-25(23)31-26)29(34)30(8)15-14-24-21(6)27(35-22(7)33)19(4)20(5)28(24)36-30/h9-13,16,18H,1,14-15H2,2-8H3. The van der Waals surface area contributed by atoms with Crippen molar-refractivity contribution in [2.24, 2.45) is 0 Å². The highest BCUT2D eigenvalue weighted by atomic mass is 16.5. The fourth-order valence-electron chi connectivity index (χ4n) is 4.99. The number of esters is 1. The van der Waals surface area contributed by atoms with Crippen LogP contribution in [0.5, 0.6) is 11.5 Å². The summed E-state index contributed by atoms with van der Waals surface area (Å²) in [5.41, 5.74) is 4.34. The number of anilines is 1. The molecule has 1 aliphatic rings. The molecule has 0 saturated carbocycles. The van der Waals surface area contributed by atoms with Crippen molar-refractivity contribution in [3.8, 4) is 11.5 Å². The van der Waals surface area contributed by atoms with E-state index in [4.69, 9.17) is 14.5 Å². The normalized spacial score (nSPS) is 17.6. The predicted octanol–water partition coefficient (Wildman–Crippen LogP) is 6.09. The van der Waals surface area contributed by atoms with Gasteiger partial charge in [0.15, 0.2) is 5.60 Å². The van der Waals surface area contributed by atoms with E-state index in [0.717, 1.165) is 38.7 Å². The molecule has 3 aromatic rings. The van der Waals surface area contributed by atoms with Crippen molar-refractivity contribution in [2.75, 3.05) is 4.90 Å². The number of amides is 1. The summed E-state index contributed by atoms with van der Waals surface area (Å²) in [4.78, 5) is 32.4. The fourth-order valence-corrected chi connectivity index (χ4v) is 4.99. The third-order valence-electron chi connectivity index (χ3n) is 7.31. The molecule has 188 valence electrons. The maximum atomic E-state index is 14.2. The van der Waals surface area contributed by atoms with Crippen LogP contribution in [0.3, 0.4) is 0 Å². The Bertz CT molecular complexity index is 1390. The van der Waals surface area contributed by atoms with E-state index in [1.54, 1.807) is 11.0 Å². The van der Waals surface area contributed by atoms with Gasteiger partial charge in [0, 0.05) is 24.3 Å². The molecule has 2 atom stereocenters. The van der Waals surface area contributed by atoms with Crippen molar-refractivity contribution in [3.63, 3.8) is 0 Å². The number of hydrogen-bond acceptors (Lipinski definition) is 5. The number of benzene rings is 2. The van der Waals surface area contributed by atoms with E-state index in [1.807, 2.05) is 71.9 Å². The zero-order valence-corrected chi connectivity index (χ0v) is 22.2. The number of carbonyl (C=O) groups is 2. The van der Waals surface area contributed by atoms with Crippen molar-refractivity contribution in [3.05, 3.63) is 70.8 Å². The van der Waals surface area contributed by atoms with Gasteiger partial charge in [-0.25, -0.2) is 4.98 Å². The van der Waals surface area contributed by atoms with E-state index < -0.39 is 5.60 Å². The molecule has 1 amide bonds. The molecule has 0 saturated heterocycles. The van der Waals surface area contributed by atoms with Crippen LogP contribution in [0.15, 0.2) is 43.0 Å². The summed E-state index contributed by atoms with van der Waals surface area (Å²) in [6, 6.07) is 9.58. The first kappa shape index (κ1) is 25.4. The SMILES string of the molecule is C=CC(C)N(C(=O)C1(C)CCc2c(C)c(OC(C)=O)c(C)c(C)c2O1)c1cc(C)c2ccccc2n1. The Balaban J connectivity index is 1.78. The number of ether oxygens (including phenoxy) is 2. The van der Waals surface area contributed by atoms with Gasteiger partial charge in [-0.2, -0.15) is 0 Å². The second-order valence-corrected chi connectivity index (χ2v) is 9.90. The average Bonchev–Trinajstić information content (AvgIpc) is 2.85. The predicted molar refractivity (Wildman–Crippen MR) is 143 cm³/mol. The zero-order valence-electron chi connectivity index (χ0n) is 22.2. The topological polar surface area (TPSA) is 68.7 Å². The smallest absolute Gasteiger partial charge is 0.308 e. The average molecular weight is 487 g/mol. The maximum Gasteiger partial charge on any atom is 0.308 e. The van der Waals surface area contributed by atoms with Crippen LogP contribution in [0.2, 0.25) is 0 Å². The number of fused-ring (bicyclic) bond motifs is 2. The summed E-state index contributed by atoms with van der Waals surface area (Å²) >= 11 is 0. The van der Waals surface area contributed by atoms with Crippen LogP contribution in [-0.4, -0.2) is 28.5 Å². The number of para-hydroxylation sites is 1. The van der Waals surface area contributed by atoms with Gasteiger partial charge in [-0.1, -0.05) is 24.3 Å². The van der Waals surface area contributed by atoms with E-state index in [2.05, 4.69) is 6.58 Å². The molecular formula is C30H34N2O4. The molecule has 0 radical (unpaired) electrons. The van der Waals surface area contributed by atoms with Crippen molar-refractivity contribution in [1.29, 1.82) is 0 Å². The Labute approximate surface area is 212 Å². The van der Waals surface area contributed by atoms with Gasteiger partial charge in [-0.3, -0.25) is 14.5 Å². The van der Waals surface area contributed by atoms with Gasteiger partial charge in [0.25, 0.3) is 5.91 Å². The molecule has 0 aliphatic carbocycles. The van der Waals surface area contributed by atoms with E-state index in [0.29, 0.717) is 30.2 Å². The second kappa shape index (κ2) is 9.41. The molecule has 2 heterocycles. The van der Waals surface area contributed by atoms with Gasteiger partial charge in [0.2, 0.25) is 0 Å². The minimum atomic E-state index is -1.10. The number of nitrogens with zero attached hydrogens (tertiary/aromatic N) is 2. The summed E-state index contributed by atoms with van der Waals surface area (Å²) in [6.07, 6.45) is 2.85. The van der Waals surface area contributed by atoms with Crippen LogP contribution < -0.4 is 14.4 Å². The molecule has 2 aromatic carbocycles. The molecule has 0 fully saturated rings. The Hall–Kier alpha value is -3.67. The first-order chi connectivity index (χ1) is 17.0. The molecule has 1 aliphatic heterocycles. The quantitative estimate of drug-likeness (QED) is 0.248. The minimum absolute atomic E-state index is 0.165. The van der Waals surface area contributed by atoms with Gasteiger partial charge >= 0.3 is 5.97 Å². The van der Waals surface area contributed by atoms with Crippen LogP contribution >= 0.6 is 0 Å². The monoisotopic (exact) mass is 486 g/mol. The number of carbonyl (C=O) groups excluding carboxylic acids is 2. The highest BCUT2D eigenvalue weighted by Crippen LogP contribution is 2.44. The minimum Gasteiger partial charge on any atom is -0.477 e. The summed E-state index contributed by atoms with van der Waals surface area (Å²) in [5, 5.41) is 1.05. The van der Waals surface area contributed by atoms with Gasteiger partial charge in [0.1, 0.15) is 17.3 Å². The van der Waals surface area contributed by atoms with Crippen LogP contribution in [0.1, 0.15) is 55.0 Å². The summed E-state index contributed by atoms with van der Waals surface area (Å²) in [5.74, 6) is 1.33. The third-order valence-corrected chi connectivity index (χ3v) is 7.31. The van der Waals surface area contributed by atoms with E-state index in [9.17, 15) is 9.59 Å². The van der Waals surface area contributed by atoms with E-state index >= 15 is 0 Å². The summed E-state index contributed by atoms with van der Waals surface area (Å²) < 4.78 is 12.1. The molecule has 0 bridgehead atoms. The number of hydrogen-bond donors (Lipinski definition) is 0. The lowest BCUT2D eigenvalue weighted by Gasteiger charge is -2.40. The molecular weight excluding hydrogens is 452 g/mol. The van der Waals surface area contributed by atoms with Crippen molar-refractivity contribution >= 4 is 28.6 Å². The van der Waals surface area contributed by atoms with E-state index in [-0.39, 0.29) is 17.9 Å². The number of rotatable bonds is 5. The molecule has 2 unspecified atom stereocenters. The van der Waals surface area contributed by atoms with Gasteiger partial charge in [0.05, 0.1) is 11.6 Å². The van der Waals surface area contributed by atoms with Crippen LogP contribution in [0.25, 0.3) is 10.9 Å². The number of pyridine rings is 1. The number of aromatic nitrogens is 1. The molecule has 0 spiro atoms. The first-order valence-electron chi connectivity index (χ1n) is 12.3. The zero-order chi connectivity index (χ0) is 26.4. The summed E-state index contributed by atoms with van der Waals surface area (Å²) in [6.45, 7) is 16.9. The lowest BCUT2D eigenvalue weighted by atomic mass is 9.86. The Morgan fingerprint density at radius 1 is 1.17 bits per heavy atom. The van der Waals surface area contributed by atoms with Crippen LogP contribution in [-0.2, 0) is 16.0 Å². The van der Waals surface area contributed by atoms with Crippen LogP contribution in [0, 0.1) is 27.7 Å². The first-order valence-corrected chi connectivity index (χ1v) is 12.3. The lowest BCUT2D eigenvalue weighted by Crippen LogP contribution is -2.55.